The highest BCUT2D eigenvalue weighted by atomic mass is 19.4. The summed E-state index contributed by atoms with van der Waals surface area (Å²) in [6.07, 6.45) is -3.42. The number of unbranched alkanes of at least 4 members (excludes halogenated alkanes) is 1. The van der Waals surface area contributed by atoms with Crippen molar-refractivity contribution in [3.8, 4) is 6.07 Å². The van der Waals surface area contributed by atoms with Gasteiger partial charge in [0.15, 0.2) is 0 Å². The third kappa shape index (κ3) is 5.91. The molecule has 0 saturated carbocycles. The molecule has 1 aliphatic heterocycles. The number of rotatable bonds is 8. The number of hydrogen-bond donors (Lipinski definition) is 1. The average Bonchev–Trinajstić information content (AvgIpc) is 2.85. The zero-order valence-corrected chi connectivity index (χ0v) is 20.1. The Balaban J connectivity index is 2.25. The number of carboxylic acids is 1. The Morgan fingerprint density at radius 3 is 2.41 bits per heavy atom. The molecule has 1 atom stereocenters. The number of carbonyl (C=O) groups is 3. The molecule has 0 fully saturated rings. The summed E-state index contributed by atoms with van der Waals surface area (Å²) in [5.74, 6) is -2.23. The van der Waals surface area contributed by atoms with E-state index in [1.54, 1.807) is 0 Å². The highest BCUT2D eigenvalue weighted by Crippen LogP contribution is 2.41. The van der Waals surface area contributed by atoms with E-state index in [1.807, 2.05) is 13.0 Å². The number of hydrogen-bond acceptors (Lipinski definition) is 5. The monoisotopic (exact) mass is 515 g/mol. The molecule has 11 heteroatoms. The Hall–Kier alpha value is -4.33. The molecule has 37 heavy (non-hydrogen) atoms. The van der Waals surface area contributed by atoms with Crippen LogP contribution in [-0.4, -0.2) is 41.1 Å². The number of anilines is 1. The van der Waals surface area contributed by atoms with Crippen molar-refractivity contribution in [2.24, 2.45) is 0 Å². The normalized spacial score (nSPS) is 16.0. The van der Waals surface area contributed by atoms with E-state index >= 15 is 0 Å². The van der Waals surface area contributed by atoms with Crippen molar-refractivity contribution < 1.29 is 37.4 Å². The molecule has 0 bridgehead atoms. The van der Waals surface area contributed by atoms with Crippen LogP contribution in [0.4, 0.5) is 23.7 Å². The lowest BCUT2D eigenvalue weighted by Crippen LogP contribution is -2.52. The predicted octanol–water partition coefficient (Wildman–Crippen LogP) is 5.26. The van der Waals surface area contributed by atoms with E-state index in [2.05, 4.69) is 0 Å². The standard InChI is InChI=1S/C26H24F3N3O5/c1-3-4-12-37-24(35)22-16(2)32(20-7-5-6-19(13-20)26(27,28)29)25(36)31(15-21(33)34)23(22)18-10-8-17(14-30)9-11-18/h5-11,13,23H,3-4,12,15H2,1-2H3,(H,33,34)/t23-/m1/s1. The van der Waals surface area contributed by atoms with E-state index in [1.165, 1.54) is 37.3 Å². The molecule has 0 spiro atoms. The van der Waals surface area contributed by atoms with Crippen LogP contribution in [0.25, 0.3) is 0 Å². The molecule has 2 aromatic rings. The minimum atomic E-state index is -4.69. The van der Waals surface area contributed by atoms with Gasteiger partial charge in [-0.15, -0.1) is 0 Å². The maximum atomic E-state index is 13.6. The highest BCUT2D eigenvalue weighted by Gasteiger charge is 2.44. The van der Waals surface area contributed by atoms with Crippen molar-refractivity contribution in [1.29, 1.82) is 5.26 Å². The summed E-state index contributed by atoms with van der Waals surface area (Å²) in [6.45, 7) is 2.49. The van der Waals surface area contributed by atoms with Crippen molar-refractivity contribution in [1.82, 2.24) is 4.90 Å². The van der Waals surface area contributed by atoms with Crippen LogP contribution in [0.3, 0.4) is 0 Å². The number of halogens is 3. The number of urea groups is 1. The van der Waals surface area contributed by atoms with E-state index in [4.69, 9.17) is 10.00 Å². The van der Waals surface area contributed by atoms with E-state index in [-0.39, 0.29) is 23.6 Å². The second-order valence-corrected chi connectivity index (χ2v) is 8.31. The van der Waals surface area contributed by atoms with Gasteiger partial charge in [0.2, 0.25) is 0 Å². The summed E-state index contributed by atoms with van der Waals surface area (Å²) in [5.41, 5.74) is -0.671. The van der Waals surface area contributed by atoms with E-state index in [9.17, 15) is 32.7 Å². The van der Waals surface area contributed by atoms with Crippen molar-refractivity contribution in [3.05, 3.63) is 76.5 Å². The first-order valence-corrected chi connectivity index (χ1v) is 11.4. The lowest BCUT2D eigenvalue weighted by molar-refractivity contribution is -0.142. The third-order valence-corrected chi connectivity index (χ3v) is 5.79. The quantitative estimate of drug-likeness (QED) is 0.379. The van der Waals surface area contributed by atoms with Crippen molar-refractivity contribution in [2.45, 2.75) is 38.9 Å². The number of allylic oxidation sites excluding steroid dienone is 1. The summed E-state index contributed by atoms with van der Waals surface area (Å²) >= 11 is 0. The van der Waals surface area contributed by atoms with Gasteiger partial charge >= 0.3 is 24.1 Å². The van der Waals surface area contributed by atoms with Gasteiger partial charge in [-0.1, -0.05) is 31.5 Å². The van der Waals surface area contributed by atoms with Gasteiger partial charge in [0, 0.05) is 5.70 Å². The molecular weight excluding hydrogens is 491 g/mol. The van der Waals surface area contributed by atoms with Gasteiger partial charge in [0.05, 0.1) is 41.1 Å². The third-order valence-electron chi connectivity index (χ3n) is 5.79. The van der Waals surface area contributed by atoms with E-state index in [0.717, 1.165) is 34.4 Å². The Kier molecular flexibility index (Phi) is 8.22. The Morgan fingerprint density at radius 2 is 1.84 bits per heavy atom. The fraction of sp³-hybridized carbons (Fsp3) is 0.308. The molecule has 0 radical (unpaired) electrons. The first kappa shape index (κ1) is 27.3. The molecule has 0 aliphatic carbocycles. The molecule has 2 aromatic carbocycles. The Labute approximate surface area is 211 Å². The zero-order valence-electron chi connectivity index (χ0n) is 20.1. The molecule has 8 nitrogen and oxygen atoms in total. The average molecular weight is 515 g/mol. The van der Waals surface area contributed by atoms with Crippen molar-refractivity contribution >= 4 is 23.7 Å². The topological polar surface area (TPSA) is 111 Å². The number of aliphatic carboxylic acids is 1. The lowest BCUT2D eigenvalue weighted by Gasteiger charge is -2.42. The minimum Gasteiger partial charge on any atom is -0.480 e. The molecular formula is C26H24F3N3O5. The molecule has 1 heterocycles. The molecule has 194 valence electrons. The second-order valence-electron chi connectivity index (χ2n) is 8.31. The van der Waals surface area contributed by atoms with Gasteiger partial charge in [0.1, 0.15) is 6.54 Å². The van der Waals surface area contributed by atoms with E-state index in [0.29, 0.717) is 17.5 Å². The summed E-state index contributed by atoms with van der Waals surface area (Å²) in [5, 5.41) is 18.7. The van der Waals surface area contributed by atoms with Crippen LogP contribution in [0.2, 0.25) is 0 Å². The predicted molar refractivity (Wildman–Crippen MR) is 126 cm³/mol. The summed E-state index contributed by atoms with van der Waals surface area (Å²) in [4.78, 5) is 40.5. The molecule has 0 unspecified atom stereocenters. The number of alkyl halides is 3. The van der Waals surface area contributed by atoms with Crippen LogP contribution in [0.5, 0.6) is 0 Å². The lowest BCUT2D eigenvalue weighted by atomic mass is 9.92. The molecule has 1 N–H and O–H groups in total. The summed E-state index contributed by atoms with van der Waals surface area (Å²) < 4.78 is 45.6. The number of esters is 1. The molecule has 0 saturated heterocycles. The molecule has 3 rings (SSSR count). The van der Waals surface area contributed by atoms with Crippen LogP contribution in [-0.2, 0) is 20.5 Å². The van der Waals surface area contributed by atoms with Gasteiger partial charge < -0.3 is 14.7 Å². The van der Waals surface area contributed by atoms with Gasteiger partial charge in [-0.25, -0.2) is 9.59 Å². The molecule has 2 amide bonds. The van der Waals surface area contributed by atoms with Crippen molar-refractivity contribution in [2.75, 3.05) is 18.1 Å². The fourth-order valence-corrected chi connectivity index (χ4v) is 4.02. The molecule has 1 aliphatic rings. The Morgan fingerprint density at radius 1 is 1.16 bits per heavy atom. The second kappa shape index (κ2) is 11.2. The van der Waals surface area contributed by atoms with Crippen LogP contribution in [0.15, 0.2) is 59.8 Å². The van der Waals surface area contributed by atoms with Crippen molar-refractivity contribution in [3.63, 3.8) is 0 Å². The number of carboxylic acid groups (broad SMARTS) is 1. The number of nitriles is 1. The number of ether oxygens (including phenoxy) is 1. The molecule has 0 aromatic heterocycles. The Bertz CT molecular complexity index is 1270. The maximum Gasteiger partial charge on any atom is 0.416 e. The maximum absolute atomic E-state index is 13.6. The number of amides is 2. The first-order valence-electron chi connectivity index (χ1n) is 11.4. The van der Waals surface area contributed by atoms with Crippen LogP contribution < -0.4 is 4.90 Å². The minimum absolute atomic E-state index is 0.00169. The smallest absolute Gasteiger partial charge is 0.416 e. The van der Waals surface area contributed by atoms with Crippen LogP contribution in [0.1, 0.15) is 49.4 Å². The highest BCUT2D eigenvalue weighted by molar-refractivity contribution is 6.04. The fourth-order valence-electron chi connectivity index (χ4n) is 4.02. The first-order chi connectivity index (χ1) is 17.5. The largest absolute Gasteiger partial charge is 0.480 e. The van der Waals surface area contributed by atoms with Gasteiger partial charge in [-0.05, 0) is 49.2 Å². The van der Waals surface area contributed by atoms with Crippen LogP contribution >= 0.6 is 0 Å². The summed E-state index contributed by atoms with van der Waals surface area (Å²) in [6, 6.07) is 9.65. The number of carbonyl (C=O) groups excluding carboxylic acids is 2. The van der Waals surface area contributed by atoms with Crippen LogP contribution in [0, 0.1) is 11.3 Å². The number of nitrogens with zero attached hydrogens (tertiary/aromatic N) is 3. The summed E-state index contributed by atoms with van der Waals surface area (Å²) in [7, 11) is 0. The number of benzene rings is 2. The van der Waals surface area contributed by atoms with Gasteiger partial charge in [-0.3, -0.25) is 9.69 Å². The zero-order chi connectivity index (χ0) is 27.3. The van der Waals surface area contributed by atoms with Gasteiger partial charge in [0.25, 0.3) is 0 Å². The van der Waals surface area contributed by atoms with Gasteiger partial charge in [-0.2, -0.15) is 18.4 Å². The van der Waals surface area contributed by atoms with E-state index < -0.39 is 42.3 Å². The SMILES string of the molecule is CCCCOC(=O)C1=C(C)N(c2cccc(C(F)(F)F)c2)C(=O)N(CC(=O)O)[C@@H]1c1ccc(C#N)cc1.